The number of hydrogen-bond acceptors (Lipinski definition) is 6. The third-order valence-electron chi connectivity index (χ3n) is 5.55. The van der Waals surface area contributed by atoms with Crippen LogP contribution in [0, 0.1) is 11.8 Å². The average Bonchev–Trinajstić information content (AvgIpc) is 3.14. The highest BCUT2D eigenvalue weighted by atomic mass is 16.2. The molecule has 2 fully saturated rings. The molecule has 0 aromatic carbocycles. The molecule has 0 saturated carbocycles. The monoisotopic (exact) mass is 349 g/mol. The van der Waals surface area contributed by atoms with E-state index in [9.17, 15) is 9.59 Å². The van der Waals surface area contributed by atoms with Crippen LogP contribution in [0.3, 0.4) is 0 Å². The summed E-state index contributed by atoms with van der Waals surface area (Å²) < 4.78 is 0. The van der Waals surface area contributed by atoms with Crippen molar-refractivity contribution in [1.82, 2.24) is 30.4 Å². The molecule has 0 spiro atoms. The lowest BCUT2D eigenvalue weighted by Crippen LogP contribution is -2.53. The number of aromatic amines is 1. The van der Waals surface area contributed by atoms with Gasteiger partial charge in [0.25, 0.3) is 0 Å². The minimum Gasteiger partial charge on any atom is -0.369 e. The maximum absolute atomic E-state index is 12.8. The fourth-order valence-corrected chi connectivity index (χ4v) is 3.90. The van der Waals surface area contributed by atoms with Crippen molar-refractivity contribution in [2.24, 2.45) is 17.6 Å². The van der Waals surface area contributed by atoms with Gasteiger partial charge in [-0.05, 0) is 51.6 Å². The Morgan fingerprint density at radius 2 is 2.04 bits per heavy atom. The molecular formula is C16H27N7O2. The molecule has 2 aliphatic rings. The zero-order chi connectivity index (χ0) is 17.8. The van der Waals surface area contributed by atoms with E-state index in [1.807, 2.05) is 11.8 Å². The van der Waals surface area contributed by atoms with Crippen molar-refractivity contribution in [3.63, 3.8) is 0 Å². The van der Waals surface area contributed by atoms with Crippen LogP contribution in [-0.4, -0.2) is 74.5 Å². The Morgan fingerprint density at radius 1 is 1.28 bits per heavy atom. The number of nitrogens with one attached hydrogen (secondary N) is 1. The number of amides is 2. The van der Waals surface area contributed by atoms with E-state index in [0.717, 1.165) is 57.6 Å². The summed E-state index contributed by atoms with van der Waals surface area (Å²) in [5.74, 6) is 0.902. The Hall–Kier alpha value is -2.03. The first-order valence-electron chi connectivity index (χ1n) is 9.09. The lowest BCUT2D eigenvalue weighted by atomic mass is 9.92. The molecule has 2 amide bonds. The van der Waals surface area contributed by atoms with E-state index < -0.39 is 0 Å². The Labute approximate surface area is 147 Å². The van der Waals surface area contributed by atoms with Gasteiger partial charge in [0.2, 0.25) is 11.8 Å². The third kappa shape index (κ3) is 4.33. The molecule has 3 N–H and O–H groups in total. The van der Waals surface area contributed by atoms with Crippen LogP contribution < -0.4 is 5.73 Å². The highest BCUT2D eigenvalue weighted by molar-refractivity contribution is 5.83. The van der Waals surface area contributed by atoms with Crippen molar-refractivity contribution in [1.29, 1.82) is 0 Å². The van der Waals surface area contributed by atoms with E-state index in [0.29, 0.717) is 12.5 Å². The number of H-pyrrole nitrogens is 1. The first-order chi connectivity index (χ1) is 12.0. The molecule has 3 heterocycles. The van der Waals surface area contributed by atoms with Crippen molar-refractivity contribution in [3.8, 4) is 0 Å². The van der Waals surface area contributed by atoms with Crippen molar-refractivity contribution in [2.45, 2.75) is 45.1 Å². The number of tetrazole rings is 1. The van der Waals surface area contributed by atoms with Gasteiger partial charge in [-0.15, -0.1) is 10.2 Å². The molecule has 0 radical (unpaired) electrons. The lowest BCUT2D eigenvalue weighted by molar-refractivity contribution is -0.140. The molecule has 2 unspecified atom stereocenters. The van der Waals surface area contributed by atoms with E-state index in [-0.39, 0.29) is 23.8 Å². The molecule has 9 heteroatoms. The van der Waals surface area contributed by atoms with E-state index in [2.05, 4.69) is 25.5 Å². The number of aromatic nitrogens is 4. The van der Waals surface area contributed by atoms with E-state index in [1.165, 1.54) is 0 Å². The summed E-state index contributed by atoms with van der Waals surface area (Å²) in [6.45, 7) is 4.94. The molecule has 1 aromatic rings. The molecule has 2 atom stereocenters. The lowest BCUT2D eigenvalue weighted by Gasteiger charge is -2.39. The smallest absolute Gasteiger partial charge is 0.239 e. The number of hydrogen-bond donors (Lipinski definition) is 2. The van der Waals surface area contributed by atoms with Gasteiger partial charge in [-0.25, -0.2) is 0 Å². The summed E-state index contributed by atoms with van der Waals surface area (Å²) in [5, 5.41) is 14.1. The Kier molecular flexibility index (Phi) is 5.62. The van der Waals surface area contributed by atoms with E-state index >= 15 is 0 Å². The number of rotatable bonds is 5. The minimum absolute atomic E-state index is 0.113. The molecule has 3 rings (SSSR count). The van der Waals surface area contributed by atoms with Crippen LogP contribution in [0.1, 0.15) is 38.4 Å². The van der Waals surface area contributed by atoms with Gasteiger partial charge in [0.15, 0.2) is 5.82 Å². The van der Waals surface area contributed by atoms with Gasteiger partial charge in [0, 0.05) is 19.5 Å². The summed E-state index contributed by atoms with van der Waals surface area (Å²) in [4.78, 5) is 28.3. The van der Waals surface area contributed by atoms with Crippen LogP contribution in [0.4, 0.5) is 0 Å². The van der Waals surface area contributed by atoms with Gasteiger partial charge in [-0.3, -0.25) is 14.5 Å². The van der Waals surface area contributed by atoms with Gasteiger partial charge >= 0.3 is 0 Å². The molecule has 1 aromatic heterocycles. The molecule has 9 nitrogen and oxygen atoms in total. The zero-order valence-corrected chi connectivity index (χ0v) is 14.7. The topological polar surface area (TPSA) is 121 Å². The third-order valence-corrected chi connectivity index (χ3v) is 5.55. The predicted molar refractivity (Wildman–Crippen MR) is 90.1 cm³/mol. The Morgan fingerprint density at radius 3 is 2.68 bits per heavy atom. The van der Waals surface area contributed by atoms with Crippen LogP contribution in [0.25, 0.3) is 0 Å². The van der Waals surface area contributed by atoms with E-state index in [1.54, 1.807) is 0 Å². The summed E-state index contributed by atoms with van der Waals surface area (Å²) in [7, 11) is 0. The molecule has 25 heavy (non-hydrogen) atoms. The summed E-state index contributed by atoms with van der Waals surface area (Å²) in [6, 6.07) is -0.155. The highest BCUT2D eigenvalue weighted by Gasteiger charge is 2.33. The molecule has 138 valence electrons. The van der Waals surface area contributed by atoms with Gasteiger partial charge < -0.3 is 10.6 Å². The Balaban J connectivity index is 1.49. The molecule has 2 saturated heterocycles. The van der Waals surface area contributed by atoms with Crippen LogP contribution in [0.15, 0.2) is 0 Å². The van der Waals surface area contributed by atoms with Gasteiger partial charge in [-0.1, -0.05) is 5.21 Å². The number of piperidine rings is 2. The second kappa shape index (κ2) is 7.90. The standard InChI is InChI=1S/C16H27N7O2/c1-11(16(25)23-6-2-3-13(10-23)15(17)24)22-7-4-12(5-8-22)9-14-18-20-21-19-14/h11-13H,2-10H2,1H3,(H2,17,24)(H,18,19,20,21). The first kappa shape index (κ1) is 17.8. The largest absolute Gasteiger partial charge is 0.369 e. The molecule has 0 bridgehead atoms. The van der Waals surface area contributed by atoms with Crippen molar-refractivity contribution in [2.75, 3.05) is 26.2 Å². The fourth-order valence-electron chi connectivity index (χ4n) is 3.90. The zero-order valence-electron chi connectivity index (χ0n) is 14.7. The van der Waals surface area contributed by atoms with Crippen LogP contribution in [0.5, 0.6) is 0 Å². The number of carbonyl (C=O) groups excluding carboxylic acids is 2. The van der Waals surface area contributed by atoms with Crippen molar-refractivity contribution < 1.29 is 9.59 Å². The average molecular weight is 349 g/mol. The van der Waals surface area contributed by atoms with Gasteiger partial charge in [-0.2, -0.15) is 5.21 Å². The quantitative estimate of drug-likeness (QED) is 0.744. The fraction of sp³-hybridized carbons (Fsp3) is 0.812. The van der Waals surface area contributed by atoms with Gasteiger partial charge in [0.1, 0.15) is 0 Å². The summed E-state index contributed by atoms with van der Waals surface area (Å²) in [5.41, 5.74) is 5.42. The Bertz CT molecular complexity index is 583. The highest BCUT2D eigenvalue weighted by Crippen LogP contribution is 2.23. The number of nitrogens with zero attached hydrogens (tertiary/aromatic N) is 5. The van der Waals surface area contributed by atoms with Gasteiger partial charge in [0.05, 0.1) is 12.0 Å². The number of likely N-dealkylation sites (tertiary alicyclic amines) is 2. The molecule has 0 aliphatic carbocycles. The van der Waals surface area contributed by atoms with Crippen molar-refractivity contribution in [3.05, 3.63) is 5.82 Å². The van der Waals surface area contributed by atoms with Crippen LogP contribution >= 0.6 is 0 Å². The first-order valence-corrected chi connectivity index (χ1v) is 9.09. The SMILES string of the molecule is CC(C(=O)N1CCCC(C(N)=O)C1)N1CCC(Cc2nn[nH]n2)CC1. The summed E-state index contributed by atoms with van der Waals surface area (Å²) >= 11 is 0. The number of primary amides is 1. The maximum atomic E-state index is 12.8. The minimum atomic E-state index is -0.299. The number of carbonyl (C=O) groups is 2. The summed E-state index contributed by atoms with van der Waals surface area (Å²) in [6.07, 6.45) is 4.51. The predicted octanol–water partition coefficient (Wildman–Crippen LogP) is -0.433. The second-order valence-corrected chi connectivity index (χ2v) is 7.21. The van der Waals surface area contributed by atoms with E-state index in [4.69, 9.17) is 5.73 Å². The normalized spacial score (nSPS) is 24.2. The number of nitrogens with two attached hydrogens (primary N) is 1. The molecular weight excluding hydrogens is 322 g/mol. The second-order valence-electron chi connectivity index (χ2n) is 7.21. The maximum Gasteiger partial charge on any atom is 0.239 e. The van der Waals surface area contributed by atoms with Crippen molar-refractivity contribution >= 4 is 11.8 Å². The van der Waals surface area contributed by atoms with Crippen LogP contribution in [0.2, 0.25) is 0 Å². The van der Waals surface area contributed by atoms with Crippen LogP contribution in [-0.2, 0) is 16.0 Å². The molecule has 2 aliphatic heterocycles.